The third-order valence-electron chi connectivity index (χ3n) is 3.42. The smallest absolute Gasteiger partial charge is 0.246 e. The van der Waals surface area contributed by atoms with Crippen molar-refractivity contribution >= 4 is 24.4 Å². The average molecular weight is 273 g/mol. The van der Waals surface area contributed by atoms with Gasteiger partial charge >= 0.3 is 0 Å². The van der Waals surface area contributed by atoms with Gasteiger partial charge in [-0.2, -0.15) is 12.6 Å². The molecule has 1 saturated heterocycles. The minimum Gasteiger partial charge on any atom is -0.344 e. The number of hydrogen-bond donors (Lipinski definition) is 2. The van der Waals surface area contributed by atoms with Gasteiger partial charge in [0.05, 0.1) is 0 Å². The van der Waals surface area contributed by atoms with Crippen molar-refractivity contribution in [2.75, 3.05) is 32.4 Å². The highest BCUT2D eigenvalue weighted by Crippen LogP contribution is 2.12. The lowest BCUT2D eigenvalue weighted by Crippen LogP contribution is -2.57. The Kier molecular flexibility index (Phi) is 5.95. The monoisotopic (exact) mass is 273 g/mol. The van der Waals surface area contributed by atoms with Crippen LogP contribution in [0.15, 0.2) is 0 Å². The summed E-state index contributed by atoms with van der Waals surface area (Å²) >= 11 is 4.14. The zero-order chi connectivity index (χ0) is 13.7. The van der Waals surface area contributed by atoms with Crippen LogP contribution < -0.4 is 5.32 Å². The number of piperazine rings is 1. The number of carbonyl (C=O) groups is 2. The van der Waals surface area contributed by atoms with E-state index in [1.54, 1.807) is 0 Å². The molecule has 2 unspecified atom stereocenters. The molecule has 0 aromatic carbocycles. The molecule has 1 aliphatic rings. The van der Waals surface area contributed by atoms with Gasteiger partial charge in [-0.15, -0.1) is 0 Å². The van der Waals surface area contributed by atoms with Gasteiger partial charge in [0.15, 0.2) is 0 Å². The third kappa shape index (κ3) is 3.88. The number of nitrogens with one attached hydrogen (secondary N) is 1. The van der Waals surface area contributed by atoms with Crippen molar-refractivity contribution in [3.8, 4) is 0 Å². The van der Waals surface area contributed by atoms with Crippen LogP contribution in [0.3, 0.4) is 0 Å². The molecule has 1 heterocycles. The first-order chi connectivity index (χ1) is 8.49. The largest absolute Gasteiger partial charge is 0.344 e. The zero-order valence-electron chi connectivity index (χ0n) is 11.3. The SMILES string of the molecule is CCC1CN(C(=O)C(CS)NC(C)=O)CCN1C. The number of rotatable bonds is 4. The molecule has 0 spiro atoms. The van der Waals surface area contributed by atoms with Gasteiger partial charge in [0.1, 0.15) is 6.04 Å². The Morgan fingerprint density at radius 3 is 2.61 bits per heavy atom. The number of hydrogen-bond acceptors (Lipinski definition) is 4. The molecule has 1 aliphatic heterocycles. The van der Waals surface area contributed by atoms with Crippen LogP contribution in [0, 0.1) is 0 Å². The van der Waals surface area contributed by atoms with Gasteiger partial charge in [-0.05, 0) is 13.5 Å². The van der Waals surface area contributed by atoms with E-state index in [0.717, 1.165) is 26.1 Å². The van der Waals surface area contributed by atoms with E-state index in [1.165, 1.54) is 6.92 Å². The van der Waals surface area contributed by atoms with Crippen LogP contribution in [0.2, 0.25) is 0 Å². The molecule has 6 heteroatoms. The Morgan fingerprint density at radius 2 is 2.11 bits per heavy atom. The minimum atomic E-state index is -0.508. The van der Waals surface area contributed by atoms with Crippen LogP contribution in [-0.4, -0.2) is 66.1 Å². The second-order valence-corrected chi connectivity index (χ2v) is 5.13. The van der Waals surface area contributed by atoms with E-state index in [2.05, 4.69) is 36.8 Å². The van der Waals surface area contributed by atoms with E-state index in [9.17, 15) is 9.59 Å². The lowest BCUT2D eigenvalue weighted by atomic mass is 10.1. The molecular formula is C12H23N3O2S. The molecule has 5 nitrogen and oxygen atoms in total. The standard InChI is InChI=1S/C12H23N3O2S/c1-4-10-7-15(6-5-14(10)3)12(17)11(8-18)13-9(2)16/h10-11,18H,4-8H2,1-3H3,(H,13,16). The number of nitrogens with zero attached hydrogens (tertiary/aromatic N) is 2. The Bertz CT molecular complexity index is 312. The topological polar surface area (TPSA) is 52.7 Å². The van der Waals surface area contributed by atoms with Gasteiger partial charge < -0.3 is 10.2 Å². The van der Waals surface area contributed by atoms with Gasteiger partial charge in [0.25, 0.3) is 0 Å². The normalized spacial score (nSPS) is 22.7. The summed E-state index contributed by atoms with van der Waals surface area (Å²) in [6, 6.07) is -0.104. The van der Waals surface area contributed by atoms with E-state index < -0.39 is 6.04 Å². The van der Waals surface area contributed by atoms with Crippen molar-refractivity contribution in [1.29, 1.82) is 0 Å². The summed E-state index contributed by atoms with van der Waals surface area (Å²) < 4.78 is 0. The van der Waals surface area contributed by atoms with Crippen LogP contribution in [0.25, 0.3) is 0 Å². The van der Waals surface area contributed by atoms with E-state index in [0.29, 0.717) is 11.8 Å². The summed E-state index contributed by atoms with van der Waals surface area (Å²) in [5.74, 6) is 0.122. The fourth-order valence-corrected chi connectivity index (χ4v) is 2.49. The molecule has 104 valence electrons. The highest BCUT2D eigenvalue weighted by molar-refractivity contribution is 7.80. The average Bonchev–Trinajstić information content (AvgIpc) is 2.35. The van der Waals surface area contributed by atoms with Gasteiger partial charge in [0, 0.05) is 38.4 Å². The van der Waals surface area contributed by atoms with Crippen LogP contribution in [-0.2, 0) is 9.59 Å². The highest BCUT2D eigenvalue weighted by atomic mass is 32.1. The van der Waals surface area contributed by atoms with E-state index in [1.807, 2.05) is 4.90 Å². The summed E-state index contributed by atoms with van der Waals surface area (Å²) in [5.41, 5.74) is 0. The number of likely N-dealkylation sites (N-methyl/N-ethyl adjacent to an activating group) is 1. The highest BCUT2D eigenvalue weighted by Gasteiger charge is 2.30. The number of amides is 2. The quantitative estimate of drug-likeness (QED) is 0.708. The van der Waals surface area contributed by atoms with Gasteiger partial charge in [-0.1, -0.05) is 6.92 Å². The van der Waals surface area contributed by atoms with Crippen LogP contribution >= 0.6 is 12.6 Å². The van der Waals surface area contributed by atoms with Gasteiger partial charge in [0.2, 0.25) is 11.8 Å². The summed E-state index contributed by atoms with van der Waals surface area (Å²) in [4.78, 5) is 27.4. The first kappa shape index (κ1) is 15.3. The summed E-state index contributed by atoms with van der Waals surface area (Å²) in [6.07, 6.45) is 1.02. The van der Waals surface area contributed by atoms with Crippen molar-refractivity contribution in [2.24, 2.45) is 0 Å². The maximum atomic E-state index is 12.3. The number of thiol groups is 1. The molecule has 0 bridgehead atoms. The van der Waals surface area contributed by atoms with Crippen molar-refractivity contribution in [2.45, 2.75) is 32.4 Å². The Morgan fingerprint density at radius 1 is 1.44 bits per heavy atom. The first-order valence-electron chi connectivity index (χ1n) is 6.36. The molecule has 0 aromatic heterocycles. The van der Waals surface area contributed by atoms with Gasteiger partial charge in [-0.25, -0.2) is 0 Å². The molecule has 0 aromatic rings. The molecule has 18 heavy (non-hydrogen) atoms. The van der Waals surface area contributed by atoms with E-state index >= 15 is 0 Å². The van der Waals surface area contributed by atoms with Gasteiger partial charge in [-0.3, -0.25) is 14.5 Å². The predicted molar refractivity (Wildman–Crippen MR) is 74.7 cm³/mol. The predicted octanol–water partition coefficient (Wildman–Crippen LogP) is -0.0265. The summed E-state index contributed by atoms with van der Waals surface area (Å²) in [6.45, 7) is 5.87. The summed E-state index contributed by atoms with van der Waals surface area (Å²) in [7, 11) is 2.08. The molecule has 0 saturated carbocycles. The maximum absolute atomic E-state index is 12.3. The minimum absolute atomic E-state index is 0.0215. The molecule has 0 aliphatic carbocycles. The van der Waals surface area contributed by atoms with Crippen molar-refractivity contribution in [3.63, 3.8) is 0 Å². The van der Waals surface area contributed by atoms with E-state index in [-0.39, 0.29) is 11.8 Å². The summed E-state index contributed by atoms with van der Waals surface area (Å²) in [5, 5.41) is 2.65. The second kappa shape index (κ2) is 6.99. The Labute approximate surface area is 114 Å². The van der Waals surface area contributed by atoms with Crippen molar-refractivity contribution < 1.29 is 9.59 Å². The molecule has 1 rings (SSSR count). The second-order valence-electron chi connectivity index (χ2n) is 4.76. The lowest BCUT2D eigenvalue weighted by Gasteiger charge is -2.40. The number of carbonyl (C=O) groups excluding carboxylic acids is 2. The van der Waals surface area contributed by atoms with Crippen LogP contribution in [0.1, 0.15) is 20.3 Å². The first-order valence-corrected chi connectivity index (χ1v) is 6.99. The van der Waals surface area contributed by atoms with Crippen LogP contribution in [0.5, 0.6) is 0 Å². The third-order valence-corrected chi connectivity index (χ3v) is 3.78. The fourth-order valence-electron chi connectivity index (χ4n) is 2.24. The molecule has 1 N–H and O–H groups in total. The lowest BCUT2D eigenvalue weighted by molar-refractivity contribution is -0.137. The fraction of sp³-hybridized carbons (Fsp3) is 0.833. The Hall–Kier alpha value is -0.750. The van der Waals surface area contributed by atoms with Crippen molar-refractivity contribution in [1.82, 2.24) is 15.1 Å². The maximum Gasteiger partial charge on any atom is 0.246 e. The van der Waals surface area contributed by atoms with Crippen molar-refractivity contribution in [3.05, 3.63) is 0 Å². The molecular weight excluding hydrogens is 250 g/mol. The van der Waals surface area contributed by atoms with Crippen LogP contribution in [0.4, 0.5) is 0 Å². The molecule has 2 amide bonds. The molecule has 0 radical (unpaired) electrons. The Balaban J connectivity index is 2.62. The van der Waals surface area contributed by atoms with E-state index in [4.69, 9.17) is 0 Å². The molecule has 1 fully saturated rings. The molecule has 2 atom stereocenters. The zero-order valence-corrected chi connectivity index (χ0v) is 12.2.